The van der Waals surface area contributed by atoms with Gasteiger partial charge in [0.25, 0.3) is 5.91 Å². The first-order valence-corrected chi connectivity index (χ1v) is 7.13. The average Bonchev–Trinajstić information content (AvgIpc) is 2.86. The summed E-state index contributed by atoms with van der Waals surface area (Å²) in [6.07, 6.45) is 4.80. The summed E-state index contributed by atoms with van der Waals surface area (Å²) in [6.45, 7) is 4.10. The Labute approximate surface area is 115 Å². The van der Waals surface area contributed by atoms with Crippen LogP contribution in [0.1, 0.15) is 54.6 Å². The number of fused-ring (bicyclic) bond motifs is 1. The molecule has 0 heterocycles. The number of benzene rings is 1. The number of hydrogen-bond donors (Lipinski definition) is 2. The van der Waals surface area contributed by atoms with Gasteiger partial charge in [0.1, 0.15) is 0 Å². The summed E-state index contributed by atoms with van der Waals surface area (Å²) in [5.74, 6) is -0.0347. The maximum atomic E-state index is 12.3. The number of aryl methyl sites for hydroxylation is 2. The fourth-order valence-corrected chi connectivity index (χ4v) is 2.63. The predicted molar refractivity (Wildman–Crippen MR) is 76.3 cm³/mol. The molecule has 3 nitrogen and oxygen atoms in total. The number of aliphatic hydroxyl groups excluding tert-OH is 1. The van der Waals surface area contributed by atoms with E-state index in [4.69, 9.17) is 5.11 Å². The second-order valence-electron chi connectivity index (χ2n) is 5.68. The van der Waals surface area contributed by atoms with E-state index in [9.17, 15) is 4.79 Å². The zero-order valence-electron chi connectivity index (χ0n) is 11.8. The highest BCUT2D eigenvalue weighted by molar-refractivity contribution is 5.95. The van der Waals surface area contributed by atoms with Crippen molar-refractivity contribution >= 4 is 5.91 Å². The van der Waals surface area contributed by atoms with E-state index in [-0.39, 0.29) is 18.1 Å². The molecule has 0 fully saturated rings. The van der Waals surface area contributed by atoms with Gasteiger partial charge in [-0.15, -0.1) is 0 Å². The molecule has 104 valence electrons. The topological polar surface area (TPSA) is 49.3 Å². The number of carbonyl (C=O) groups excluding carboxylic acids is 1. The number of amides is 1. The Hall–Kier alpha value is -1.35. The average molecular weight is 261 g/mol. The van der Waals surface area contributed by atoms with Crippen molar-refractivity contribution in [3.63, 3.8) is 0 Å². The number of nitrogens with one attached hydrogen (secondary N) is 1. The van der Waals surface area contributed by atoms with E-state index in [1.54, 1.807) is 0 Å². The van der Waals surface area contributed by atoms with Crippen LogP contribution in [0.15, 0.2) is 18.2 Å². The molecule has 1 unspecified atom stereocenters. The van der Waals surface area contributed by atoms with E-state index in [1.807, 2.05) is 26.0 Å². The molecule has 0 radical (unpaired) electrons. The molecule has 0 aliphatic heterocycles. The molecule has 0 saturated carbocycles. The first-order valence-electron chi connectivity index (χ1n) is 7.13. The molecule has 2 rings (SSSR count). The molecule has 1 aromatic carbocycles. The lowest BCUT2D eigenvalue weighted by Gasteiger charge is -2.29. The normalized spacial score (nSPS) is 16.8. The van der Waals surface area contributed by atoms with Gasteiger partial charge in [0.2, 0.25) is 0 Å². The maximum absolute atomic E-state index is 12.3. The van der Waals surface area contributed by atoms with Crippen molar-refractivity contribution in [2.24, 2.45) is 0 Å². The zero-order valence-corrected chi connectivity index (χ0v) is 11.8. The van der Waals surface area contributed by atoms with Crippen molar-refractivity contribution in [3.05, 3.63) is 34.9 Å². The molecule has 1 aliphatic carbocycles. The van der Waals surface area contributed by atoms with Gasteiger partial charge in [-0.1, -0.05) is 13.0 Å². The number of hydrogen-bond acceptors (Lipinski definition) is 2. The van der Waals surface area contributed by atoms with Gasteiger partial charge in [-0.25, -0.2) is 0 Å². The summed E-state index contributed by atoms with van der Waals surface area (Å²) < 4.78 is 0. The Morgan fingerprint density at radius 3 is 2.79 bits per heavy atom. The molecule has 3 heteroatoms. The molecule has 0 saturated heterocycles. The van der Waals surface area contributed by atoms with Crippen LogP contribution in [0.25, 0.3) is 0 Å². The SMILES string of the molecule is CCC(C)(CCO)NC(=O)c1ccc2c(c1)CCC2. The molecule has 1 amide bonds. The molecule has 1 aromatic rings. The van der Waals surface area contributed by atoms with E-state index in [0.717, 1.165) is 24.8 Å². The predicted octanol–water partition coefficient (Wildman–Crippen LogP) is 2.46. The van der Waals surface area contributed by atoms with Gasteiger partial charge in [-0.2, -0.15) is 0 Å². The molecular weight excluding hydrogens is 238 g/mol. The van der Waals surface area contributed by atoms with Crippen molar-refractivity contribution in [2.75, 3.05) is 6.61 Å². The van der Waals surface area contributed by atoms with Crippen LogP contribution < -0.4 is 5.32 Å². The molecule has 2 N–H and O–H groups in total. The highest BCUT2D eigenvalue weighted by Gasteiger charge is 2.24. The van der Waals surface area contributed by atoms with Crippen LogP contribution in [0.4, 0.5) is 0 Å². The second kappa shape index (κ2) is 5.74. The summed E-state index contributed by atoms with van der Waals surface area (Å²) in [7, 11) is 0. The highest BCUT2D eigenvalue weighted by Crippen LogP contribution is 2.23. The van der Waals surface area contributed by atoms with Gasteiger partial charge in [0, 0.05) is 17.7 Å². The number of aliphatic hydroxyl groups is 1. The van der Waals surface area contributed by atoms with Crippen LogP contribution in [0.2, 0.25) is 0 Å². The smallest absolute Gasteiger partial charge is 0.251 e. The molecule has 0 aromatic heterocycles. The Morgan fingerprint density at radius 2 is 2.11 bits per heavy atom. The minimum Gasteiger partial charge on any atom is -0.396 e. The minimum atomic E-state index is -0.329. The lowest BCUT2D eigenvalue weighted by Crippen LogP contribution is -2.46. The van der Waals surface area contributed by atoms with Gasteiger partial charge >= 0.3 is 0 Å². The molecule has 1 atom stereocenters. The fourth-order valence-electron chi connectivity index (χ4n) is 2.63. The van der Waals surface area contributed by atoms with Crippen LogP contribution in [-0.4, -0.2) is 23.2 Å². The number of rotatable bonds is 5. The zero-order chi connectivity index (χ0) is 13.9. The Morgan fingerprint density at radius 1 is 1.37 bits per heavy atom. The minimum absolute atomic E-state index is 0.0347. The maximum Gasteiger partial charge on any atom is 0.251 e. The quantitative estimate of drug-likeness (QED) is 0.855. The van der Waals surface area contributed by atoms with E-state index in [0.29, 0.717) is 6.42 Å². The fraction of sp³-hybridized carbons (Fsp3) is 0.562. The van der Waals surface area contributed by atoms with Crippen molar-refractivity contribution in [1.82, 2.24) is 5.32 Å². The third kappa shape index (κ3) is 3.16. The van der Waals surface area contributed by atoms with Crippen LogP contribution in [0.3, 0.4) is 0 Å². The summed E-state index contributed by atoms with van der Waals surface area (Å²) in [4.78, 5) is 12.3. The molecule has 0 spiro atoms. The summed E-state index contributed by atoms with van der Waals surface area (Å²) in [5, 5.41) is 12.1. The molecule has 19 heavy (non-hydrogen) atoms. The van der Waals surface area contributed by atoms with Crippen LogP contribution >= 0.6 is 0 Å². The van der Waals surface area contributed by atoms with E-state index in [2.05, 4.69) is 11.4 Å². The Bertz CT molecular complexity index is 470. The van der Waals surface area contributed by atoms with Crippen LogP contribution in [0, 0.1) is 0 Å². The van der Waals surface area contributed by atoms with Gasteiger partial charge in [-0.05, 0) is 62.3 Å². The van der Waals surface area contributed by atoms with E-state index >= 15 is 0 Å². The van der Waals surface area contributed by atoms with Crippen molar-refractivity contribution in [1.29, 1.82) is 0 Å². The van der Waals surface area contributed by atoms with Gasteiger partial charge in [0.15, 0.2) is 0 Å². The standard InChI is InChI=1S/C16H23NO2/c1-3-16(2,9-10-18)17-15(19)14-8-7-12-5-4-6-13(12)11-14/h7-8,11,18H,3-6,9-10H2,1-2H3,(H,17,19). The monoisotopic (exact) mass is 261 g/mol. The van der Waals surface area contributed by atoms with E-state index < -0.39 is 0 Å². The third-order valence-corrected chi connectivity index (χ3v) is 4.22. The first kappa shape index (κ1) is 14.1. The van der Waals surface area contributed by atoms with Gasteiger partial charge in [-0.3, -0.25) is 4.79 Å². The summed E-state index contributed by atoms with van der Waals surface area (Å²) in [6, 6.07) is 6.01. The van der Waals surface area contributed by atoms with Gasteiger partial charge in [0.05, 0.1) is 0 Å². The Balaban J connectivity index is 2.11. The second-order valence-corrected chi connectivity index (χ2v) is 5.68. The Kier molecular flexibility index (Phi) is 4.25. The van der Waals surface area contributed by atoms with Crippen molar-refractivity contribution < 1.29 is 9.90 Å². The lowest BCUT2D eigenvalue weighted by molar-refractivity contribution is 0.0886. The van der Waals surface area contributed by atoms with Crippen molar-refractivity contribution in [3.8, 4) is 0 Å². The highest BCUT2D eigenvalue weighted by atomic mass is 16.3. The van der Waals surface area contributed by atoms with Gasteiger partial charge < -0.3 is 10.4 Å². The number of carbonyl (C=O) groups is 1. The summed E-state index contributed by atoms with van der Waals surface area (Å²) in [5.41, 5.74) is 3.10. The van der Waals surface area contributed by atoms with Crippen LogP contribution in [0.5, 0.6) is 0 Å². The van der Waals surface area contributed by atoms with Crippen molar-refractivity contribution in [2.45, 2.75) is 51.5 Å². The molecule has 1 aliphatic rings. The third-order valence-electron chi connectivity index (χ3n) is 4.22. The largest absolute Gasteiger partial charge is 0.396 e. The molecular formula is C16H23NO2. The van der Waals surface area contributed by atoms with E-state index in [1.165, 1.54) is 17.5 Å². The van der Waals surface area contributed by atoms with Crippen LogP contribution in [-0.2, 0) is 12.8 Å². The first-order chi connectivity index (χ1) is 9.08. The lowest BCUT2D eigenvalue weighted by atomic mass is 9.94. The molecule has 0 bridgehead atoms. The summed E-state index contributed by atoms with van der Waals surface area (Å²) >= 11 is 0.